The van der Waals surface area contributed by atoms with Crippen LogP contribution in [0.25, 0.3) is 109 Å². The molecule has 0 atom stereocenters. The number of hydrogen-bond donors (Lipinski definition) is 0. The van der Waals surface area contributed by atoms with Crippen molar-refractivity contribution in [3.05, 3.63) is 0 Å². The first-order valence-electron chi connectivity index (χ1n) is 30.2. The maximum absolute atomic E-state index is 7.60. The van der Waals surface area contributed by atoms with Crippen LogP contribution in [0.4, 0.5) is 0 Å². The Bertz CT molecular complexity index is 4850. The molecule has 0 saturated carbocycles. The summed E-state index contributed by atoms with van der Waals surface area (Å²) in [5.74, 6) is 0. The van der Waals surface area contributed by atoms with Crippen LogP contribution in [0.1, 0.15) is 0 Å². The lowest BCUT2D eigenvalue weighted by Crippen LogP contribution is -2.52. The maximum Gasteiger partial charge on any atom is 0.143 e. The molecule has 0 spiro atoms. The molecule has 0 unspecified atom stereocenters. The van der Waals surface area contributed by atoms with Gasteiger partial charge in [0.1, 0.15) is 247 Å². The molecule has 11 aromatic rings. The predicted molar refractivity (Wildman–Crippen MR) is 463 cm³/mol. The van der Waals surface area contributed by atoms with Gasteiger partial charge >= 0.3 is 0 Å². The summed E-state index contributed by atoms with van der Waals surface area (Å²) >= 11 is 0. The van der Waals surface area contributed by atoms with Gasteiger partial charge in [-0.1, -0.05) is 115 Å². The van der Waals surface area contributed by atoms with E-state index in [-0.39, 0.29) is 0 Å². The lowest BCUT2D eigenvalue weighted by atomic mass is 9.55. The fraction of sp³-hybridized carbons (Fsp3) is 0. The number of benzene rings is 10. The lowest BCUT2D eigenvalue weighted by Gasteiger charge is -2.32. The SMILES string of the molecule is Bc1c(B)c(-c2c(B)c(B)c3c(B)c(B)c4c(B)c(B)c(B)c(B)c4c3c2B)c(B)c(-c2c3c(B)c(B)c(B)c(B)c3c(-c3c(B)c(B)c(B)c4oc5c6c(B)c(B)c(B)c(B)c6c(B)c(B)c5c34)c3c(B)c(B)c(B)c(B)c23)c1B. The van der Waals surface area contributed by atoms with Crippen LogP contribution in [-0.4, -0.2) is 235 Å². The van der Waals surface area contributed by atoms with Gasteiger partial charge in [-0.3, -0.25) is 0 Å². The Balaban J connectivity index is 1.42. The number of fused-ring (bicyclic) bond motifs is 10. The van der Waals surface area contributed by atoms with Gasteiger partial charge in [0.05, 0.1) is 0 Å². The van der Waals surface area contributed by atoms with Crippen molar-refractivity contribution in [3.8, 4) is 33.4 Å². The molecule has 11 rings (SSSR count). The average molecular weight is 1000 g/mol. The van der Waals surface area contributed by atoms with Gasteiger partial charge < -0.3 is 4.42 Å². The van der Waals surface area contributed by atoms with Crippen LogP contribution in [-0.2, 0) is 0 Å². The van der Waals surface area contributed by atoms with Crippen LogP contribution < -0.4 is 164 Å². The van der Waals surface area contributed by atoms with Crippen LogP contribution in [0.3, 0.4) is 0 Å². The third kappa shape index (κ3) is 7.30. The van der Waals surface area contributed by atoms with Crippen LogP contribution >= 0.6 is 0 Å². The molecule has 81 heavy (non-hydrogen) atoms. The molecule has 1 nitrogen and oxygen atoms in total. The van der Waals surface area contributed by atoms with Crippen LogP contribution in [0, 0.1) is 0 Å². The molecule has 0 aliphatic heterocycles. The third-order valence-corrected chi connectivity index (χ3v) is 23.5. The summed E-state index contributed by atoms with van der Waals surface area (Å²) in [6.45, 7) is 0. The molecule has 0 amide bonds. The number of furan rings is 1. The third-order valence-electron chi connectivity index (χ3n) is 23.5. The summed E-state index contributed by atoms with van der Waals surface area (Å²) < 4.78 is 7.60. The van der Waals surface area contributed by atoms with Crippen molar-refractivity contribution in [2.75, 3.05) is 0 Å². The molecule has 0 radical (unpaired) electrons. The van der Waals surface area contributed by atoms with E-state index in [0.29, 0.717) is 0 Å². The van der Waals surface area contributed by atoms with Crippen LogP contribution in [0.15, 0.2) is 4.42 Å². The largest absolute Gasteiger partial charge is 0.456 e. The van der Waals surface area contributed by atoms with Gasteiger partial charge in [0, 0.05) is 16.2 Å². The van der Waals surface area contributed by atoms with E-state index in [4.69, 9.17) is 4.42 Å². The Labute approximate surface area is 509 Å². The maximum atomic E-state index is 7.60. The quantitative estimate of drug-likeness (QED) is 0.0977. The van der Waals surface area contributed by atoms with Gasteiger partial charge in [-0.25, -0.2) is 0 Å². The molecule has 1 aromatic heterocycles. The monoisotopic (exact) mass is 1010 g/mol. The normalized spacial score (nSPS) is 12.0. The molecule has 31 heteroatoms. The Morgan fingerprint density at radius 1 is 0.111 bits per heavy atom. The van der Waals surface area contributed by atoms with Crippen molar-refractivity contribution >= 4 is 475 Å². The smallest absolute Gasteiger partial charge is 0.143 e. The fourth-order valence-corrected chi connectivity index (χ4v) is 16.5. The zero-order valence-electron chi connectivity index (χ0n) is 55.4. The molecule has 10 aromatic carbocycles. The molecule has 0 fully saturated rings. The second-order valence-corrected chi connectivity index (χ2v) is 26.3. The predicted octanol–water partition coefficient (Wildman–Crippen LogP) is -37.9. The molecule has 0 bridgehead atoms. The zero-order chi connectivity index (χ0) is 59.6. The van der Waals surface area contributed by atoms with Crippen molar-refractivity contribution in [3.63, 3.8) is 0 Å². The molecule has 0 N–H and O–H groups in total. The highest BCUT2D eigenvalue weighted by atomic mass is 16.3. The highest BCUT2D eigenvalue weighted by Crippen LogP contribution is 2.43. The van der Waals surface area contributed by atoms with Crippen LogP contribution in [0.5, 0.6) is 0 Å². The van der Waals surface area contributed by atoms with E-state index in [1.165, 1.54) is 262 Å². The Kier molecular flexibility index (Phi) is 13.9. The van der Waals surface area contributed by atoms with E-state index in [9.17, 15) is 0 Å². The van der Waals surface area contributed by atoms with Crippen molar-refractivity contribution in [2.45, 2.75) is 0 Å². The van der Waals surface area contributed by atoms with Crippen molar-refractivity contribution < 1.29 is 4.42 Å². The summed E-state index contributed by atoms with van der Waals surface area (Å²) in [6, 6.07) is 0. The van der Waals surface area contributed by atoms with Gasteiger partial charge in [0.15, 0.2) is 0 Å². The van der Waals surface area contributed by atoms with E-state index in [2.05, 4.69) is 235 Å². The van der Waals surface area contributed by atoms with E-state index in [0.717, 1.165) is 11.2 Å². The van der Waals surface area contributed by atoms with Crippen molar-refractivity contribution in [1.29, 1.82) is 0 Å². The first kappa shape index (κ1) is 58.0. The van der Waals surface area contributed by atoms with Gasteiger partial charge in [0.2, 0.25) is 0 Å². The summed E-state index contributed by atoms with van der Waals surface area (Å²) in [5, 5.41) is 16.4. The minimum atomic E-state index is 1.02. The summed E-state index contributed by atoms with van der Waals surface area (Å²) in [7, 11) is 71.5. The zero-order valence-corrected chi connectivity index (χ0v) is 55.4. The van der Waals surface area contributed by atoms with Crippen molar-refractivity contribution in [1.82, 2.24) is 0 Å². The molecule has 356 valence electrons. The molecule has 0 saturated heterocycles. The minimum absolute atomic E-state index is 1.02. The lowest BCUT2D eigenvalue weighted by molar-refractivity contribution is 0.676. The highest BCUT2D eigenvalue weighted by molar-refractivity contribution is 6.79. The minimum Gasteiger partial charge on any atom is -0.456 e. The Morgan fingerprint density at radius 2 is 0.321 bits per heavy atom. The van der Waals surface area contributed by atoms with Gasteiger partial charge in [-0.05, 0) is 81.9 Å². The topological polar surface area (TPSA) is 13.1 Å². The number of rotatable bonds is 3. The Morgan fingerprint density at radius 3 is 0.728 bits per heavy atom. The van der Waals surface area contributed by atoms with Gasteiger partial charge in [-0.15, -0.1) is 49.2 Å². The first-order valence-corrected chi connectivity index (χ1v) is 30.2. The molecular formula is C50H60B30O. The highest BCUT2D eigenvalue weighted by Gasteiger charge is 2.33. The second-order valence-electron chi connectivity index (χ2n) is 26.3. The van der Waals surface area contributed by atoms with E-state index in [1.54, 1.807) is 0 Å². The average Bonchev–Trinajstić information content (AvgIpc) is 4.11. The number of hydrogen-bond acceptors (Lipinski definition) is 1. The van der Waals surface area contributed by atoms with E-state index >= 15 is 0 Å². The standard InChI is InChI=1S/C50H60B30O/c51-19-8-9-13(33(65)44(76)43(75)26(9)58)29(61)27(59)12(8)28(60)30(62)14(19)15-20(52)11(32(64)38(70)34(15)66)2-5-3(21(53)39(71)41(73)23(5)55)1(4-6(2)24(56)42(74)40(72)22(4)54)7-10-17-36(68)31(63)16-18(37(69)46(78)45(77)35(16)67)49(17)81-50(10)48(80)47(79)25(7)57/h51-80H2. The summed E-state index contributed by atoms with van der Waals surface area (Å²) in [6.07, 6.45) is 0. The van der Waals surface area contributed by atoms with Gasteiger partial charge in [0.25, 0.3) is 0 Å². The Hall–Kier alpha value is -4.75. The van der Waals surface area contributed by atoms with Gasteiger partial charge in [-0.2, -0.15) is 0 Å². The van der Waals surface area contributed by atoms with E-state index < -0.39 is 0 Å². The van der Waals surface area contributed by atoms with Crippen LogP contribution in [0.2, 0.25) is 0 Å². The summed E-state index contributed by atoms with van der Waals surface area (Å²) in [5.41, 5.74) is 51.3. The summed E-state index contributed by atoms with van der Waals surface area (Å²) in [4.78, 5) is 0. The van der Waals surface area contributed by atoms with E-state index in [1.807, 2.05) is 0 Å². The molecule has 0 aliphatic rings. The molecular weight excluding hydrogens is 941 g/mol. The second kappa shape index (κ2) is 19.4. The fourth-order valence-electron chi connectivity index (χ4n) is 16.5. The molecule has 1 heterocycles. The molecule has 0 aliphatic carbocycles. The first-order chi connectivity index (χ1) is 37.8. The van der Waals surface area contributed by atoms with Crippen molar-refractivity contribution in [2.24, 2.45) is 0 Å².